The Balaban J connectivity index is 4.27. The Morgan fingerprint density at radius 2 is 1.92 bits per heavy atom. The maximum atomic E-state index is 10.5. The SMILES string of the molecule is CC(C)CC(C)(CC=O)N(C)C. The molecule has 0 fully saturated rings. The van der Waals surface area contributed by atoms with Crippen LogP contribution in [0, 0.1) is 5.92 Å². The number of rotatable bonds is 5. The smallest absolute Gasteiger partial charge is 0.121 e. The lowest BCUT2D eigenvalue weighted by Crippen LogP contribution is -2.42. The van der Waals surface area contributed by atoms with Crippen molar-refractivity contribution in [2.45, 2.75) is 39.2 Å². The van der Waals surface area contributed by atoms with Crippen molar-refractivity contribution in [3.63, 3.8) is 0 Å². The predicted octanol–water partition coefficient (Wildman–Crippen LogP) is 1.94. The van der Waals surface area contributed by atoms with Crippen LogP contribution in [0.2, 0.25) is 0 Å². The van der Waals surface area contributed by atoms with Crippen molar-refractivity contribution in [1.82, 2.24) is 4.90 Å². The lowest BCUT2D eigenvalue weighted by atomic mass is 9.87. The van der Waals surface area contributed by atoms with Gasteiger partial charge in [0.1, 0.15) is 6.29 Å². The number of aldehydes is 1. The molecule has 0 radical (unpaired) electrons. The van der Waals surface area contributed by atoms with Crippen LogP contribution in [0.15, 0.2) is 0 Å². The molecule has 0 rings (SSSR count). The summed E-state index contributed by atoms with van der Waals surface area (Å²) in [6.07, 6.45) is 2.71. The van der Waals surface area contributed by atoms with E-state index in [0.717, 1.165) is 12.7 Å². The van der Waals surface area contributed by atoms with Gasteiger partial charge in [0.2, 0.25) is 0 Å². The van der Waals surface area contributed by atoms with Gasteiger partial charge in [-0.25, -0.2) is 0 Å². The highest BCUT2D eigenvalue weighted by Gasteiger charge is 2.26. The molecule has 2 nitrogen and oxygen atoms in total. The van der Waals surface area contributed by atoms with E-state index in [2.05, 4.69) is 25.7 Å². The standard InChI is InChI=1S/C10H21NO/c1-9(2)8-10(3,6-7-12)11(4)5/h7,9H,6,8H2,1-5H3. The first-order chi connectivity index (χ1) is 5.42. The molecule has 0 aromatic heterocycles. The highest BCUT2D eigenvalue weighted by atomic mass is 16.1. The van der Waals surface area contributed by atoms with Crippen molar-refractivity contribution >= 4 is 6.29 Å². The average molecular weight is 171 g/mol. The Labute approximate surface area is 75.9 Å². The third-order valence-electron chi connectivity index (χ3n) is 2.45. The fraction of sp³-hybridized carbons (Fsp3) is 0.900. The van der Waals surface area contributed by atoms with Crippen LogP contribution in [0.5, 0.6) is 0 Å². The van der Waals surface area contributed by atoms with E-state index in [4.69, 9.17) is 0 Å². The van der Waals surface area contributed by atoms with Crippen LogP contribution in [0.3, 0.4) is 0 Å². The van der Waals surface area contributed by atoms with E-state index in [1.165, 1.54) is 0 Å². The topological polar surface area (TPSA) is 20.3 Å². The quantitative estimate of drug-likeness (QED) is 0.589. The predicted molar refractivity (Wildman–Crippen MR) is 52.2 cm³/mol. The Kier molecular flexibility index (Phi) is 4.46. The maximum Gasteiger partial charge on any atom is 0.121 e. The van der Waals surface area contributed by atoms with E-state index in [1.54, 1.807) is 0 Å². The summed E-state index contributed by atoms with van der Waals surface area (Å²) < 4.78 is 0. The van der Waals surface area contributed by atoms with Crippen molar-refractivity contribution in [1.29, 1.82) is 0 Å². The molecule has 0 aromatic carbocycles. The zero-order valence-electron chi connectivity index (χ0n) is 8.92. The Morgan fingerprint density at radius 1 is 1.42 bits per heavy atom. The normalized spacial score (nSPS) is 16.6. The summed E-state index contributed by atoms with van der Waals surface area (Å²) in [5.41, 5.74) is 0.0376. The highest BCUT2D eigenvalue weighted by molar-refractivity contribution is 5.51. The van der Waals surface area contributed by atoms with E-state index in [-0.39, 0.29) is 5.54 Å². The molecule has 72 valence electrons. The number of hydrogen-bond acceptors (Lipinski definition) is 2. The zero-order chi connectivity index (χ0) is 9.78. The minimum Gasteiger partial charge on any atom is -0.304 e. The summed E-state index contributed by atoms with van der Waals surface area (Å²) in [5.74, 6) is 0.636. The molecule has 0 heterocycles. The van der Waals surface area contributed by atoms with E-state index in [9.17, 15) is 4.79 Å². The minimum atomic E-state index is 0.0376. The molecule has 0 aromatic rings. The second-order valence-electron chi connectivity index (χ2n) is 4.36. The van der Waals surface area contributed by atoms with E-state index >= 15 is 0 Å². The third kappa shape index (κ3) is 3.35. The Morgan fingerprint density at radius 3 is 2.17 bits per heavy atom. The monoisotopic (exact) mass is 171 g/mol. The molecule has 0 amide bonds. The molecular formula is C10H21NO. The van der Waals surface area contributed by atoms with E-state index in [0.29, 0.717) is 12.3 Å². The van der Waals surface area contributed by atoms with Gasteiger partial charge in [-0.15, -0.1) is 0 Å². The molecule has 12 heavy (non-hydrogen) atoms. The minimum absolute atomic E-state index is 0.0376. The van der Waals surface area contributed by atoms with Gasteiger partial charge in [0.25, 0.3) is 0 Å². The van der Waals surface area contributed by atoms with Gasteiger partial charge in [-0.1, -0.05) is 13.8 Å². The van der Waals surface area contributed by atoms with Crippen molar-refractivity contribution < 1.29 is 4.79 Å². The van der Waals surface area contributed by atoms with Gasteiger partial charge in [0.05, 0.1) is 0 Å². The van der Waals surface area contributed by atoms with E-state index in [1.807, 2.05) is 14.1 Å². The van der Waals surface area contributed by atoms with Crippen LogP contribution in [-0.2, 0) is 4.79 Å². The molecule has 0 aliphatic carbocycles. The first-order valence-electron chi connectivity index (χ1n) is 4.53. The van der Waals surface area contributed by atoms with Gasteiger partial charge >= 0.3 is 0 Å². The second kappa shape index (κ2) is 4.61. The van der Waals surface area contributed by atoms with Crippen molar-refractivity contribution in [3.05, 3.63) is 0 Å². The molecule has 0 aliphatic heterocycles. The van der Waals surface area contributed by atoms with Crippen molar-refractivity contribution in [2.75, 3.05) is 14.1 Å². The second-order valence-corrected chi connectivity index (χ2v) is 4.36. The van der Waals surface area contributed by atoms with Crippen LogP contribution >= 0.6 is 0 Å². The molecule has 0 aliphatic rings. The van der Waals surface area contributed by atoms with Gasteiger partial charge in [-0.05, 0) is 33.4 Å². The summed E-state index contributed by atoms with van der Waals surface area (Å²) in [7, 11) is 4.07. The fourth-order valence-corrected chi connectivity index (χ4v) is 1.51. The van der Waals surface area contributed by atoms with Crippen LogP contribution < -0.4 is 0 Å². The summed E-state index contributed by atoms with van der Waals surface area (Å²) in [6, 6.07) is 0. The number of nitrogens with zero attached hydrogens (tertiary/aromatic N) is 1. The number of carbonyl (C=O) groups excluding carboxylic acids is 1. The zero-order valence-corrected chi connectivity index (χ0v) is 8.92. The van der Waals surface area contributed by atoms with Crippen LogP contribution in [0.4, 0.5) is 0 Å². The number of hydrogen-bond donors (Lipinski definition) is 0. The number of carbonyl (C=O) groups is 1. The summed E-state index contributed by atoms with van der Waals surface area (Å²) >= 11 is 0. The van der Waals surface area contributed by atoms with Gasteiger partial charge in [-0.2, -0.15) is 0 Å². The van der Waals surface area contributed by atoms with Crippen LogP contribution in [0.25, 0.3) is 0 Å². The lowest BCUT2D eigenvalue weighted by molar-refractivity contribution is -0.110. The average Bonchev–Trinajstić information content (AvgIpc) is 1.85. The fourth-order valence-electron chi connectivity index (χ4n) is 1.51. The summed E-state index contributed by atoms with van der Waals surface area (Å²) in [6.45, 7) is 6.51. The van der Waals surface area contributed by atoms with Crippen molar-refractivity contribution in [2.24, 2.45) is 5.92 Å². The van der Waals surface area contributed by atoms with Gasteiger partial charge in [0, 0.05) is 12.0 Å². The van der Waals surface area contributed by atoms with Gasteiger partial charge < -0.3 is 9.69 Å². The Hall–Kier alpha value is -0.370. The Bertz CT molecular complexity index is 143. The highest BCUT2D eigenvalue weighted by Crippen LogP contribution is 2.24. The molecule has 0 saturated heterocycles. The van der Waals surface area contributed by atoms with E-state index < -0.39 is 0 Å². The van der Waals surface area contributed by atoms with Crippen molar-refractivity contribution in [3.8, 4) is 0 Å². The molecule has 2 heteroatoms. The van der Waals surface area contributed by atoms with Crippen LogP contribution in [0.1, 0.15) is 33.6 Å². The molecule has 1 unspecified atom stereocenters. The summed E-state index contributed by atoms with van der Waals surface area (Å²) in [4.78, 5) is 12.6. The molecule has 0 N–H and O–H groups in total. The summed E-state index contributed by atoms with van der Waals surface area (Å²) in [5, 5.41) is 0. The van der Waals surface area contributed by atoms with Gasteiger partial charge in [0.15, 0.2) is 0 Å². The van der Waals surface area contributed by atoms with Crippen LogP contribution in [-0.4, -0.2) is 30.8 Å². The first kappa shape index (κ1) is 11.6. The molecule has 0 spiro atoms. The molecular weight excluding hydrogens is 150 g/mol. The third-order valence-corrected chi connectivity index (χ3v) is 2.45. The largest absolute Gasteiger partial charge is 0.304 e. The lowest BCUT2D eigenvalue weighted by Gasteiger charge is -2.36. The molecule has 1 atom stereocenters. The first-order valence-corrected chi connectivity index (χ1v) is 4.53. The maximum absolute atomic E-state index is 10.5. The molecule has 0 saturated carbocycles. The molecule has 0 bridgehead atoms. The van der Waals surface area contributed by atoms with Gasteiger partial charge in [-0.3, -0.25) is 0 Å².